The van der Waals surface area contributed by atoms with Crippen LogP contribution in [0.15, 0.2) is 24.3 Å². The Hall–Kier alpha value is -1.22. The lowest BCUT2D eigenvalue weighted by Crippen LogP contribution is -2.30. The zero-order valence-electron chi connectivity index (χ0n) is 9.52. The van der Waals surface area contributed by atoms with Crippen LogP contribution in [-0.2, 0) is 0 Å². The first-order valence-corrected chi connectivity index (χ1v) is 6.04. The van der Waals surface area contributed by atoms with Crippen molar-refractivity contribution < 1.29 is 5.11 Å². The second kappa shape index (κ2) is 5.21. The molecule has 1 saturated carbocycles. The molecular formula is C13H20N2O. The Labute approximate surface area is 96.7 Å². The average Bonchev–Trinajstić information content (AvgIpc) is 2.30. The molecule has 0 saturated heterocycles. The maximum atomic E-state index is 9.85. The smallest absolute Gasteiger partial charge is 0.0585 e. The topological polar surface area (TPSA) is 58.3 Å². The number of nitrogen functional groups attached to an aromatic ring is 1. The summed E-state index contributed by atoms with van der Waals surface area (Å²) in [7, 11) is 0. The third-order valence-corrected chi connectivity index (χ3v) is 3.38. The Kier molecular flexibility index (Phi) is 3.67. The van der Waals surface area contributed by atoms with Gasteiger partial charge in [0, 0.05) is 12.5 Å². The molecule has 0 heterocycles. The molecule has 1 aromatic rings. The van der Waals surface area contributed by atoms with Crippen molar-refractivity contribution in [3.8, 4) is 0 Å². The molecule has 0 bridgehead atoms. The minimum atomic E-state index is -0.147. The monoisotopic (exact) mass is 220 g/mol. The second-order valence-corrected chi connectivity index (χ2v) is 4.58. The van der Waals surface area contributed by atoms with Crippen LogP contribution in [0.5, 0.6) is 0 Å². The normalized spacial score (nSPS) is 25.3. The van der Waals surface area contributed by atoms with Crippen LogP contribution in [0.3, 0.4) is 0 Å². The van der Waals surface area contributed by atoms with E-state index in [2.05, 4.69) is 5.32 Å². The van der Waals surface area contributed by atoms with E-state index in [-0.39, 0.29) is 6.10 Å². The van der Waals surface area contributed by atoms with Crippen molar-refractivity contribution in [1.29, 1.82) is 0 Å². The van der Waals surface area contributed by atoms with E-state index in [1.165, 1.54) is 6.42 Å². The summed E-state index contributed by atoms with van der Waals surface area (Å²) in [6.45, 7) is 0.815. The number of para-hydroxylation sites is 2. The van der Waals surface area contributed by atoms with E-state index in [0.29, 0.717) is 5.92 Å². The molecule has 88 valence electrons. The minimum Gasteiger partial charge on any atom is -0.397 e. The second-order valence-electron chi connectivity index (χ2n) is 4.58. The summed E-state index contributed by atoms with van der Waals surface area (Å²) in [6.07, 6.45) is 4.29. The first kappa shape index (κ1) is 11.3. The predicted molar refractivity (Wildman–Crippen MR) is 67.3 cm³/mol. The van der Waals surface area contributed by atoms with Crippen LogP contribution in [0.2, 0.25) is 0 Å². The number of anilines is 2. The van der Waals surface area contributed by atoms with Crippen LogP contribution < -0.4 is 11.1 Å². The summed E-state index contributed by atoms with van der Waals surface area (Å²) in [5.41, 5.74) is 7.59. The van der Waals surface area contributed by atoms with Gasteiger partial charge in [-0.3, -0.25) is 0 Å². The summed E-state index contributed by atoms with van der Waals surface area (Å²) < 4.78 is 0. The summed E-state index contributed by atoms with van der Waals surface area (Å²) in [5.74, 6) is 0.369. The molecule has 3 nitrogen and oxygen atoms in total. The molecule has 4 N–H and O–H groups in total. The molecule has 1 aliphatic carbocycles. The van der Waals surface area contributed by atoms with Gasteiger partial charge >= 0.3 is 0 Å². The van der Waals surface area contributed by atoms with Gasteiger partial charge in [0.1, 0.15) is 0 Å². The Morgan fingerprint density at radius 1 is 1.25 bits per heavy atom. The van der Waals surface area contributed by atoms with Crippen molar-refractivity contribution >= 4 is 11.4 Å². The molecule has 16 heavy (non-hydrogen) atoms. The lowest BCUT2D eigenvalue weighted by molar-refractivity contribution is 0.0763. The van der Waals surface area contributed by atoms with Gasteiger partial charge in [0.05, 0.1) is 17.5 Å². The largest absolute Gasteiger partial charge is 0.397 e. The number of benzene rings is 1. The van der Waals surface area contributed by atoms with Gasteiger partial charge in [-0.25, -0.2) is 0 Å². The van der Waals surface area contributed by atoms with Gasteiger partial charge in [-0.1, -0.05) is 25.0 Å². The van der Waals surface area contributed by atoms with Crippen LogP contribution in [0.25, 0.3) is 0 Å². The maximum absolute atomic E-state index is 9.85. The van der Waals surface area contributed by atoms with Crippen molar-refractivity contribution in [2.45, 2.75) is 31.8 Å². The SMILES string of the molecule is Nc1ccccc1NCC1CCCCC1O. The van der Waals surface area contributed by atoms with Crippen LogP contribution in [0.1, 0.15) is 25.7 Å². The van der Waals surface area contributed by atoms with Gasteiger partial charge in [0.2, 0.25) is 0 Å². The highest BCUT2D eigenvalue weighted by molar-refractivity contribution is 5.65. The first-order valence-electron chi connectivity index (χ1n) is 6.04. The third-order valence-electron chi connectivity index (χ3n) is 3.38. The summed E-state index contributed by atoms with van der Waals surface area (Å²) in [5, 5.41) is 13.2. The highest BCUT2D eigenvalue weighted by Crippen LogP contribution is 2.25. The molecule has 0 spiro atoms. The molecule has 0 radical (unpaired) electrons. The van der Waals surface area contributed by atoms with Crippen LogP contribution >= 0.6 is 0 Å². The molecular weight excluding hydrogens is 200 g/mol. The van der Waals surface area contributed by atoms with E-state index in [9.17, 15) is 5.11 Å². The maximum Gasteiger partial charge on any atom is 0.0585 e. The van der Waals surface area contributed by atoms with Gasteiger partial charge in [0.25, 0.3) is 0 Å². The van der Waals surface area contributed by atoms with E-state index in [1.807, 2.05) is 24.3 Å². The lowest BCUT2D eigenvalue weighted by Gasteiger charge is -2.28. The van der Waals surface area contributed by atoms with Crippen molar-refractivity contribution in [1.82, 2.24) is 0 Å². The van der Waals surface area contributed by atoms with Crippen LogP contribution in [0, 0.1) is 5.92 Å². The Morgan fingerprint density at radius 3 is 2.75 bits per heavy atom. The molecule has 2 atom stereocenters. The number of nitrogens with two attached hydrogens (primary N) is 1. The summed E-state index contributed by atoms with van der Waals surface area (Å²) >= 11 is 0. The van der Waals surface area contributed by atoms with Crippen molar-refractivity contribution in [2.24, 2.45) is 5.92 Å². The minimum absolute atomic E-state index is 0.147. The number of hydrogen-bond acceptors (Lipinski definition) is 3. The van der Waals surface area contributed by atoms with E-state index in [4.69, 9.17) is 5.73 Å². The number of rotatable bonds is 3. The highest BCUT2D eigenvalue weighted by Gasteiger charge is 2.22. The Bertz CT molecular complexity index is 340. The predicted octanol–water partition coefficient (Wildman–Crippen LogP) is 2.23. The number of hydrogen-bond donors (Lipinski definition) is 3. The van der Waals surface area contributed by atoms with Gasteiger partial charge in [-0.2, -0.15) is 0 Å². The molecule has 1 fully saturated rings. The molecule has 0 aromatic heterocycles. The molecule has 0 amide bonds. The van der Waals surface area contributed by atoms with Crippen LogP contribution in [0.4, 0.5) is 11.4 Å². The number of aliphatic hydroxyl groups is 1. The lowest BCUT2D eigenvalue weighted by atomic mass is 9.86. The average molecular weight is 220 g/mol. The first-order chi connectivity index (χ1) is 7.77. The fraction of sp³-hybridized carbons (Fsp3) is 0.538. The zero-order chi connectivity index (χ0) is 11.4. The van der Waals surface area contributed by atoms with Crippen molar-refractivity contribution in [3.63, 3.8) is 0 Å². The number of aliphatic hydroxyl groups excluding tert-OH is 1. The van der Waals surface area contributed by atoms with Crippen molar-refractivity contribution in [2.75, 3.05) is 17.6 Å². The van der Waals surface area contributed by atoms with Gasteiger partial charge in [-0.05, 0) is 25.0 Å². The molecule has 1 aliphatic rings. The van der Waals surface area contributed by atoms with Crippen LogP contribution in [-0.4, -0.2) is 17.8 Å². The summed E-state index contributed by atoms with van der Waals surface area (Å²) in [4.78, 5) is 0. The standard InChI is InChI=1S/C13H20N2O/c14-11-6-2-3-7-12(11)15-9-10-5-1-4-8-13(10)16/h2-3,6-7,10,13,15-16H,1,4-5,8-9,14H2. The number of nitrogens with one attached hydrogen (secondary N) is 1. The van der Waals surface area contributed by atoms with E-state index >= 15 is 0 Å². The Balaban J connectivity index is 1.89. The fourth-order valence-corrected chi connectivity index (χ4v) is 2.33. The zero-order valence-corrected chi connectivity index (χ0v) is 9.52. The highest BCUT2D eigenvalue weighted by atomic mass is 16.3. The van der Waals surface area contributed by atoms with E-state index in [1.54, 1.807) is 0 Å². The third kappa shape index (κ3) is 2.67. The molecule has 3 heteroatoms. The summed E-state index contributed by atoms with van der Waals surface area (Å²) in [6, 6.07) is 7.76. The molecule has 0 aliphatic heterocycles. The van der Waals surface area contributed by atoms with Gasteiger partial charge in [0.15, 0.2) is 0 Å². The quantitative estimate of drug-likeness (QED) is 0.685. The fourth-order valence-electron chi connectivity index (χ4n) is 2.33. The van der Waals surface area contributed by atoms with Gasteiger partial charge in [-0.15, -0.1) is 0 Å². The molecule has 2 rings (SSSR count). The van der Waals surface area contributed by atoms with Crippen molar-refractivity contribution in [3.05, 3.63) is 24.3 Å². The molecule has 2 unspecified atom stereocenters. The van der Waals surface area contributed by atoms with E-state index < -0.39 is 0 Å². The van der Waals surface area contributed by atoms with Gasteiger partial charge < -0.3 is 16.2 Å². The Morgan fingerprint density at radius 2 is 2.00 bits per heavy atom. The van der Waals surface area contributed by atoms with E-state index in [0.717, 1.165) is 37.2 Å². The molecule has 1 aromatic carbocycles.